The average molecular weight is 300 g/mol. The van der Waals surface area contributed by atoms with Gasteiger partial charge in [-0.15, -0.1) is 0 Å². The van der Waals surface area contributed by atoms with E-state index in [1.54, 1.807) is 26.0 Å². The van der Waals surface area contributed by atoms with Gasteiger partial charge in [-0.3, -0.25) is 4.79 Å². The van der Waals surface area contributed by atoms with Crippen molar-refractivity contribution in [1.82, 2.24) is 0 Å². The number of benzene rings is 2. The predicted molar refractivity (Wildman–Crippen MR) is 84.3 cm³/mol. The van der Waals surface area contributed by atoms with E-state index in [0.29, 0.717) is 11.3 Å². The summed E-state index contributed by atoms with van der Waals surface area (Å²) in [4.78, 5) is 17.0. The first kappa shape index (κ1) is 15.7. The molecule has 0 spiro atoms. The smallest absolute Gasteiger partial charge is 0.267 e. The molecule has 0 bridgehead atoms. The third kappa shape index (κ3) is 4.41. The first-order valence-electron chi connectivity index (χ1n) is 6.87. The minimum atomic E-state index is -0.788. The van der Waals surface area contributed by atoms with Gasteiger partial charge in [0.1, 0.15) is 5.82 Å². The molecule has 0 fully saturated rings. The summed E-state index contributed by atoms with van der Waals surface area (Å²) in [6.07, 6.45) is 0.735. The molecule has 1 amide bonds. The van der Waals surface area contributed by atoms with Crippen molar-refractivity contribution in [3.05, 3.63) is 65.5 Å². The summed E-state index contributed by atoms with van der Waals surface area (Å²) in [7, 11) is 0. The maximum Gasteiger partial charge on any atom is 0.267 e. The largest absolute Gasteiger partial charge is 0.383 e. The topological polar surface area (TPSA) is 50.7 Å². The Kier molecular flexibility index (Phi) is 5.25. The number of carbonyl (C=O) groups excluding carboxylic acids is 1. The van der Waals surface area contributed by atoms with Crippen LogP contribution in [0, 0.1) is 12.7 Å². The van der Waals surface area contributed by atoms with Crippen LogP contribution in [0.15, 0.2) is 53.7 Å². The zero-order valence-corrected chi connectivity index (χ0v) is 12.4. The fourth-order valence-electron chi connectivity index (χ4n) is 1.68. The van der Waals surface area contributed by atoms with E-state index in [9.17, 15) is 9.18 Å². The lowest BCUT2D eigenvalue weighted by molar-refractivity contribution is -0.126. The standard InChI is InChI=1S/C17H17FN2O2/c1-12-8-9-15(10-16(12)18)20-17(21)13(2)22-19-11-14-6-4-3-5-7-14/h3-11,13H,1-2H3,(H,20,21)/b19-11+. The summed E-state index contributed by atoms with van der Waals surface area (Å²) < 4.78 is 13.4. The van der Waals surface area contributed by atoms with E-state index in [0.717, 1.165) is 5.56 Å². The van der Waals surface area contributed by atoms with E-state index in [-0.39, 0.29) is 5.82 Å². The van der Waals surface area contributed by atoms with Crippen LogP contribution < -0.4 is 5.32 Å². The zero-order valence-electron chi connectivity index (χ0n) is 12.4. The van der Waals surface area contributed by atoms with Crippen molar-refractivity contribution in [2.24, 2.45) is 5.16 Å². The molecule has 0 saturated heterocycles. The van der Waals surface area contributed by atoms with Gasteiger partial charge in [-0.2, -0.15) is 0 Å². The Labute approximate surface area is 128 Å². The molecule has 1 atom stereocenters. The van der Waals surface area contributed by atoms with Crippen LogP contribution in [0.5, 0.6) is 0 Å². The summed E-state index contributed by atoms with van der Waals surface area (Å²) >= 11 is 0. The molecule has 2 rings (SSSR count). The van der Waals surface area contributed by atoms with Gasteiger partial charge in [0.25, 0.3) is 5.91 Å². The van der Waals surface area contributed by atoms with Gasteiger partial charge in [0, 0.05) is 5.69 Å². The van der Waals surface area contributed by atoms with E-state index < -0.39 is 12.0 Å². The highest BCUT2D eigenvalue weighted by molar-refractivity contribution is 5.94. The van der Waals surface area contributed by atoms with Gasteiger partial charge in [-0.05, 0) is 37.1 Å². The Bertz CT molecular complexity index is 672. The maximum absolute atomic E-state index is 13.4. The normalized spacial score (nSPS) is 12.1. The molecule has 1 N–H and O–H groups in total. The zero-order chi connectivity index (χ0) is 15.9. The van der Waals surface area contributed by atoms with Crippen LogP contribution in [0.2, 0.25) is 0 Å². The number of anilines is 1. The van der Waals surface area contributed by atoms with Gasteiger partial charge < -0.3 is 10.2 Å². The minimum Gasteiger partial charge on any atom is -0.383 e. The minimum absolute atomic E-state index is 0.367. The fraction of sp³-hybridized carbons (Fsp3) is 0.176. The quantitative estimate of drug-likeness (QED) is 0.678. The van der Waals surface area contributed by atoms with E-state index in [1.807, 2.05) is 30.3 Å². The van der Waals surface area contributed by atoms with Crippen molar-refractivity contribution < 1.29 is 14.0 Å². The predicted octanol–water partition coefficient (Wildman–Crippen LogP) is 3.51. The molecule has 0 saturated carbocycles. The number of nitrogens with one attached hydrogen (secondary N) is 1. The van der Waals surface area contributed by atoms with Crippen molar-refractivity contribution in [2.75, 3.05) is 5.32 Å². The highest BCUT2D eigenvalue weighted by Gasteiger charge is 2.14. The van der Waals surface area contributed by atoms with E-state index in [2.05, 4.69) is 10.5 Å². The average Bonchev–Trinajstić information content (AvgIpc) is 2.52. The summed E-state index contributed by atoms with van der Waals surface area (Å²) in [5, 5.41) is 6.36. The van der Waals surface area contributed by atoms with Crippen molar-refractivity contribution in [2.45, 2.75) is 20.0 Å². The van der Waals surface area contributed by atoms with Crippen LogP contribution >= 0.6 is 0 Å². The molecule has 5 heteroatoms. The molecular formula is C17H17FN2O2. The van der Waals surface area contributed by atoms with Gasteiger partial charge in [0.15, 0.2) is 0 Å². The molecule has 0 aliphatic rings. The molecule has 114 valence electrons. The van der Waals surface area contributed by atoms with Crippen LogP contribution in [0.1, 0.15) is 18.1 Å². The second-order valence-corrected chi connectivity index (χ2v) is 4.85. The molecule has 2 aromatic carbocycles. The molecule has 4 nitrogen and oxygen atoms in total. The molecule has 0 heterocycles. The van der Waals surface area contributed by atoms with Crippen LogP contribution in [0.4, 0.5) is 10.1 Å². The number of oxime groups is 1. The SMILES string of the molecule is Cc1ccc(NC(=O)C(C)O/N=C/c2ccccc2)cc1F. The lowest BCUT2D eigenvalue weighted by atomic mass is 10.2. The van der Waals surface area contributed by atoms with Crippen LogP contribution in [0.3, 0.4) is 0 Å². The Morgan fingerprint density at radius 2 is 2.00 bits per heavy atom. The highest BCUT2D eigenvalue weighted by atomic mass is 19.1. The highest BCUT2D eigenvalue weighted by Crippen LogP contribution is 2.14. The van der Waals surface area contributed by atoms with E-state index in [4.69, 9.17) is 4.84 Å². The van der Waals surface area contributed by atoms with Crippen molar-refractivity contribution in [3.8, 4) is 0 Å². The van der Waals surface area contributed by atoms with Crippen molar-refractivity contribution in [1.29, 1.82) is 0 Å². The van der Waals surface area contributed by atoms with Gasteiger partial charge in [-0.25, -0.2) is 4.39 Å². The number of hydrogen-bond donors (Lipinski definition) is 1. The number of halogens is 1. The van der Waals surface area contributed by atoms with Crippen molar-refractivity contribution >= 4 is 17.8 Å². The van der Waals surface area contributed by atoms with Crippen molar-refractivity contribution in [3.63, 3.8) is 0 Å². The molecule has 2 aromatic rings. The maximum atomic E-state index is 13.4. The number of aryl methyl sites for hydroxylation is 1. The van der Waals surface area contributed by atoms with Crippen LogP contribution in [-0.4, -0.2) is 18.2 Å². The first-order chi connectivity index (χ1) is 10.6. The third-order valence-corrected chi connectivity index (χ3v) is 3.03. The first-order valence-corrected chi connectivity index (χ1v) is 6.87. The fourth-order valence-corrected chi connectivity index (χ4v) is 1.68. The molecule has 0 aliphatic carbocycles. The monoisotopic (exact) mass is 300 g/mol. The number of amides is 1. The Morgan fingerprint density at radius 3 is 2.68 bits per heavy atom. The number of nitrogens with zero attached hydrogens (tertiary/aromatic N) is 1. The Morgan fingerprint density at radius 1 is 1.27 bits per heavy atom. The summed E-state index contributed by atoms with van der Waals surface area (Å²) in [6, 6.07) is 13.9. The van der Waals surface area contributed by atoms with Gasteiger partial charge in [0.2, 0.25) is 6.10 Å². The van der Waals surface area contributed by atoms with E-state index >= 15 is 0 Å². The number of carbonyl (C=O) groups is 1. The summed E-state index contributed by atoms with van der Waals surface area (Å²) in [5.41, 5.74) is 1.78. The molecule has 1 unspecified atom stereocenters. The third-order valence-electron chi connectivity index (χ3n) is 3.03. The second kappa shape index (κ2) is 7.36. The van der Waals surface area contributed by atoms with Gasteiger partial charge in [-0.1, -0.05) is 41.6 Å². The summed E-state index contributed by atoms with van der Waals surface area (Å²) in [6.45, 7) is 3.23. The lowest BCUT2D eigenvalue weighted by Gasteiger charge is -2.11. The van der Waals surface area contributed by atoms with Gasteiger partial charge >= 0.3 is 0 Å². The second-order valence-electron chi connectivity index (χ2n) is 4.85. The Balaban J connectivity index is 1.89. The molecule has 0 aliphatic heterocycles. The molecule has 0 radical (unpaired) electrons. The van der Waals surface area contributed by atoms with Crippen LogP contribution in [0.25, 0.3) is 0 Å². The van der Waals surface area contributed by atoms with Gasteiger partial charge in [0.05, 0.1) is 6.21 Å². The number of hydrogen-bond acceptors (Lipinski definition) is 3. The van der Waals surface area contributed by atoms with E-state index in [1.165, 1.54) is 12.3 Å². The number of rotatable bonds is 5. The van der Waals surface area contributed by atoms with Crippen LogP contribution in [-0.2, 0) is 9.63 Å². The molecular weight excluding hydrogens is 283 g/mol. The lowest BCUT2D eigenvalue weighted by Crippen LogP contribution is -2.26. The summed E-state index contributed by atoms with van der Waals surface area (Å²) in [5.74, 6) is -0.762. The molecule has 0 aromatic heterocycles. The molecule has 22 heavy (non-hydrogen) atoms. The Hall–Kier alpha value is -2.69.